The van der Waals surface area contributed by atoms with Crippen LogP contribution in [0.4, 0.5) is 28.8 Å². The van der Waals surface area contributed by atoms with Crippen LogP contribution >= 0.6 is 0 Å². The van der Waals surface area contributed by atoms with Crippen LogP contribution in [0.1, 0.15) is 0 Å². The smallest absolute Gasteiger partial charge is 0.249 e. The Balaban J connectivity index is 1.50. The molecular weight excluding hydrogens is 376 g/mol. The maximum atomic E-state index is 5.98. The number of nitrogens with zero attached hydrogens (tertiary/aromatic N) is 4. The maximum Gasteiger partial charge on any atom is 0.249 e. The monoisotopic (exact) mass is 398 g/mol. The number of ether oxygens (including phenoxy) is 1. The number of hydrogen-bond donors (Lipinski definition) is 2. The lowest BCUT2D eigenvalue weighted by molar-refractivity contribution is 0.485. The molecule has 2 N–H and O–H groups in total. The van der Waals surface area contributed by atoms with Crippen LogP contribution in [-0.4, -0.2) is 29.3 Å². The number of hydrogen-bond acceptors (Lipinski definition) is 7. The molecule has 0 aliphatic heterocycles. The van der Waals surface area contributed by atoms with Gasteiger partial charge in [0.2, 0.25) is 5.95 Å². The Bertz CT molecular complexity index is 1100. The van der Waals surface area contributed by atoms with Gasteiger partial charge in [0, 0.05) is 25.5 Å². The van der Waals surface area contributed by atoms with Gasteiger partial charge in [-0.1, -0.05) is 30.3 Å². The normalized spacial score (nSPS) is 10.3. The van der Waals surface area contributed by atoms with E-state index in [1.807, 2.05) is 97.9 Å². The van der Waals surface area contributed by atoms with Crippen LogP contribution in [0.2, 0.25) is 0 Å². The summed E-state index contributed by atoms with van der Waals surface area (Å²) in [6, 6.07) is 25.3. The molecule has 0 saturated carbocycles. The Morgan fingerprint density at radius 3 is 2.30 bits per heavy atom. The first-order chi connectivity index (χ1) is 14.7. The number of rotatable bonds is 7. The van der Waals surface area contributed by atoms with Crippen LogP contribution in [0.25, 0.3) is 0 Å². The summed E-state index contributed by atoms with van der Waals surface area (Å²) in [6.07, 6.45) is 1.58. The molecule has 7 nitrogen and oxygen atoms in total. The average molecular weight is 398 g/mol. The molecule has 1 aromatic heterocycles. The highest BCUT2D eigenvalue weighted by atomic mass is 16.5. The summed E-state index contributed by atoms with van der Waals surface area (Å²) in [5.41, 5.74) is 2.79. The SMILES string of the molecule is CN(C)c1ccc(Nc2cnnc(Nc3ccccc3Oc3ccccc3)n2)cc1. The minimum atomic E-state index is 0.369. The lowest BCUT2D eigenvalue weighted by atomic mass is 10.2. The molecule has 30 heavy (non-hydrogen) atoms. The van der Waals surface area contributed by atoms with Crippen LogP contribution in [-0.2, 0) is 0 Å². The van der Waals surface area contributed by atoms with Crippen molar-refractivity contribution < 1.29 is 4.74 Å². The predicted molar refractivity (Wildman–Crippen MR) is 120 cm³/mol. The largest absolute Gasteiger partial charge is 0.455 e. The quantitative estimate of drug-likeness (QED) is 0.442. The Hall–Kier alpha value is -4.13. The van der Waals surface area contributed by atoms with Gasteiger partial charge in [-0.15, -0.1) is 5.10 Å². The van der Waals surface area contributed by atoms with Crippen LogP contribution in [0.3, 0.4) is 0 Å². The maximum absolute atomic E-state index is 5.98. The van der Waals surface area contributed by atoms with Gasteiger partial charge in [-0.2, -0.15) is 10.1 Å². The fourth-order valence-electron chi connectivity index (χ4n) is 2.80. The molecule has 0 saturated heterocycles. The molecular formula is C23H22N6O. The van der Waals surface area contributed by atoms with Gasteiger partial charge < -0.3 is 20.3 Å². The van der Waals surface area contributed by atoms with Gasteiger partial charge in [-0.05, 0) is 48.5 Å². The van der Waals surface area contributed by atoms with Crippen molar-refractivity contribution in [3.05, 3.63) is 85.1 Å². The van der Waals surface area contributed by atoms with Crippen LogP contribution in [0, 0.1) is 0 Å². The first-order valence-corrected chi connectivity index (χ1v) is 9.50. The van der Waals surface area contributed by atoms with Gasteiger partial charge in [0.25, 0.3) is 0 Å². The fourth-order valence-corrected chi connectivity index (χ4v) is 2.80. The van der Waals surface area contributed by atoms with E-state index in [9.17, 15) is 0 Å². The van der Waals surface area contributed by atoms with E-state index in [0.29, 0.717) is 17.5 Å². The minimum absolute atomic E-state index is 0.369. The molecule has 0 amide bonds. The highest BCUT2D eigenvalue weighted by Gasteiger charge is 2.08. The van der Waals surface area contributed by atoms with Crippen molar-refractivity contribution in [2.24, 2.45) is 0 Å². The van der Waals surface area contributed by atoms with Gasteiger partial charge in [0.05, 0.1) is 11.9 Å². The highest BCUT2D eigenvalue weighted by molar-refractivity contribution is 5.65. The molecule has 0 radical (unpaired) electrons. The Labute approximate surface area is 175 Å². The van der Waals surface area contributed by atoms with E-state index in [1.54, 1.807) is 6.20 Å². The highest BCUT2D eigenvalue weighted by Crippen LogP contribution is 2.30. The van der Waals surface area contributed by atoms with Crippen molar-refractivity contribution >= 4 is 28.8 Å². The van der Waals surface area contributed by atoms with Crippen molar-refractivity contribution in [2.75, 3.05) is 29.6 Å². The van der Waals surface area contributed by atoms with E-state index >= 15 is 0 Å². The van der Waals surface area contributed by atoms with Crippen LogP contribution in [0.5, 0.6) is 11.5 Å². The molecule has 3 aromatic carbocycles. The first kappa shape index (κ1) is 19.2. The zero-order valence-electron chi connectivity index (χ0n) is 16.8. The Morgan fingerprint density at radius 1 is 0.800 bits per heavy atom. The van der Waals surface area contributed by atoms with Gasteiger partial charge in [0.15, 0.2) is 11.6 Å². The third-order valence-electron chi connectivity index (χ3n) is 4.32. The molecule has 1 heterocycles. The van der Waals surface area contributed by atoms with Crippen LogP contribution < -0.4 is 20.3 Å². The lowest BCUT2D eigenvalue weighted by Crippen LogP contribution is -2.08. The fraction of sp³-hybridized carbons (Fsp3) is 0.0870. The van der Waals surface area contributed by atoms with E-state index in [-0.39, 0.29) is 0 Å². The third kappa shape index (κ3) is 4.82. The van der Waals surface area contributed by atoms with Gasteiger partial charge in [0.1, 0.15) is 5.75 Å². The Morgan fingerprint density at radius 2 is 1.53 bits per heavy atom. The molecule has 4 rings (SSSR count). The van der Waals surface area contributed by atoms with Gasteiger partial charge in [-0.3, -0.25) is 0 Å². The summed E-state index contributed by atoms with van der Waals surface area (Å²) in [6.45, 7) is 0. The van der Waals surface area contributed by atoms with Crippen molar-refractivity contribution in [3.63, 3.8) is 0 Å². The second-order valence-corrected chi connectivity index (χ2v) is 6.77. The van der Waals surface area contributed by atoms with Gasteiger partial charge >= 0.3 is 0 Å². The summed E-state index contributed by atoms with van der Waals surface area (Å²) >= 11 is 0. The second kappa shape index (κ2) is 8.91. The summed E-state index contributed by atoms with van der Waals surface area (Å²) in [5, 5.41) is 14.6. The minimum Gasteiger partial charge on any atom is -0.455 e. The van der Waals surface area contributed by atoms with E-state index in [4.69, 9.17) is 4.74 Å². The molecule has 7 heteroatoms. The Kier molecular flexibility index (Phi) is 5.70. The number of aromatic nitrogens is 3. The number of nitrogens with one attached hydrogen (secondary N) is 2. The summed E-state index contributed by atoms with van der Waals surface area (Å²) in [4.78, 5) is 6.56. The standard InChI is InChI=1S/C23H22N6O/c1-29(2)18-14-12-17(13-15-18)25-22-16-24-28-23(27-22)26-20-10-6-7-11-21(20)30-19-8-4-3-5-9-19/h3-16H,1-2H3,(H2,25,26,27,28). The van der Waals surface area contributed by atoms with Crippen molar-refractivity contribution in [1.29, 1.82) is 0 Å². The van der Waals surface area contributed by atoms with E-state index in [2.05, 4.69) is 25.8 Å². The molecule has 0 bridgehead atoms. The zero-order chi connectivity index (χ0) is 20.8. The molecule has 0 fully saturated rings. The first-order valence-electron chi connectivity index (χ1n) is 9.50. The molecule has 0 aliphatic rings. The number of anilines is 5. The second-order valence-electron chi connectivity index (χ2n) is 6.77. The van der Waals surface area contributed by atoms with Crippen LogP contribution in [0.15, 0.2) is 85.1 Å². The molecule has 0 spiro atoms. The molecule has 0 atom stereocenters. The molecule has 0 aliphatic carbocycles. The third-order valence-corrected chi connectivity index (χ3v) is 4.32. The predicted octanol–water partition coefficient (Wildman–Crippen LogP) is 5.22. The van der Waals surface area contributed by atoms with Crippen molar-refractivity contribution in [1.82, 2.24) is 15.2 Å². The zero-order valence-corrected chi connectivity index (χ0v) is 16.8. The van der Waals surface area contributed by atoms with E-state index in [1.165, 1.54) is 0 Å². The van der Waals surface area contributed by atoms with Crippen molar-refractivity contribution in [3.8, 4) is 11.5 Å². The number of benzene rings is 3. The average Bonchev–Trinajstić information content (AvgIpc) is 2.76. The van der Waals surface area contributed by atoms with Gasteiger partial charge in [-0.25, -0.2) is 0 Å². The molecule has 0 unspecified atom stereocenters. The summed E-state index contributed by atoms with van der Waals surface area (Å²) < 4.78 is 5.98. The molecule has 4 aromatic rings. The van der Waals surface area contributed by atoms with E-state index < -0.39 is 0 Å². The lowest BCUT2D eigenvalue weighted by Gasteiger charge is -2.14. The molecule has 150 valence electrons. The summed E-state index contributed by atoms with van der Waals surface area (Å²) in [7, 11) is 4.02. The van der Waals surface area contributed by atoms with Crippen molar-refractivity contribution in [2.45, 2.75) is 0 Å². The topological polar surface area (TPSA) is 75.2 Å². The summed E-state index contributed by atoms with van der Waals surface area (Å²) in [5.74, 6) is 2.38. The van der Waals surface area contributed by atoms with E-state index in [0.717, 1.165) is 22.8 Å². The number of para-hydroxylation sites is 3.